The van der Waals surface area contributed by atoms with E-state index in [1.54, 1.807) is 0 Å². The van der Waals surface area contributed by atoms with E-state index < -0.39 is 0 Å². The first-order chi connectivity index (χ1) is 9.72. The SMILES string of the molecule is CN(C)C1(c2ccccc2)CCC(N2CCCC2)CC1. The summed E-state index contributed by atoms with van der Waals surface area (Å²) in [6.45, 7) is 2.68. The molecule has 1 aromatic rings. The van der Waals surface area contributed by atoms with E-state index in [-0.39, 0.29) is 5.54 Å². The molecule has 1 saturated heterocycles. The van der Waals surface area contributed by atoms with Crippen LogP contribution in [0.5, 0.6) is 0 Å². The lowest BCUT2D eigenvalue weighted by molar-refractivity contribution is 0.0568. The van der Waals surface area contributed by atoms with Gasteiger partial charge in [-0.05, 0) is 71.3 Å². The fourth-order valence-corrected chi connectivity index (χ4v) is 4.29. The van der Waals surface area contributed by atoms with Gasteiger partial charge in [-0.25, -0.2) is 0 Å². The van der Waals surface area contributed by atoms with Crippen LogP contribution >= 0.6 is 0 Å². The van der Waals surface area contributed by atoms with Gasteiger partial charge in [0.1, 0.15) is 0 Å². The highest BCUT2D eigenvalue weighted by Gasteiger charge is 2.40. The Hall–Kier alpha value is -0.860. The number of benzene rings is 1. The van der Waals surface area contributed by atoms with Crippen molar-refractivity contribution in [2.75, 3.05) is 27.2 Å². The van der Waals surface area contributed by atoms with Crippen molar-refractivity contribution in [2.45, 2.75) is 50.1 Å². The monoisotopic (exact) mass is 272 g/mol. The van der Waals surface area contributed by atoms with E-state index in [0.29, 0.717) is 0 Å². The third-order valence-electron chi connectivity index (χ3n) is 5.61. The van der Waals surface area contributed by atoms with Gasteiger partial charge in [0, 0.05) is 11.6 Å². The molecule has 2 nitrogen and oxygen atoms in total. The zero-order chi connectivity index (χ0) is 14.0. The average Bonchev–Trinajstić information content (AvgIpc) is 3.02. The quantitative estimate of drug-likeness (QED) is 0.831. The Labute approximate surface area is 123 Å². The number of likely N-dealkylation sites (tertiary alicyclic amines) is 1. The molecule has 2 heteroatoms. The highest BCUT2D eigenvalue weighted by Crippen LogP contribution is 2.42. The smallest absolute Gasteiger partial charge is 0.0455 e. The van der Waals surface area contributed by atoms with Gasteiger partial charge in [-0.2, -0.15) is 0 Å². The van der Waals surface area contributed by atoms with Crippen LogP contribution in [0.25, 0.3) is 0 Å². The topological polar surface area (TPSA) is 6.48 Å². The minimum atomic E-state index is 0.261. The molecule has 0 unspecified atom stereocenters. The van der Waals surface area contributed by atoms with Crippen LogP contribution in [0.2, 0.25) is 0 Å². The van der Waals surface area contributed by atoms with Gasteiger partial charge in [0.2, 0.25) is 0 Å². The van der Waals surface area contributed by atoms with Crippen molar-refractivity contribution in [3.63, 3.8) is 0 Å². The molecule has 0 atom stereocenters. The highest BCUT2D eigenvalue weighted by atomic mass is 15.2. The molecule has 0 radical (unpaired) electrons. The van der Waals surface area contributed by atoms with E-state index >= 15 is 0 Å². The van der Waals surface area contributed by atoms with Crippen LogP contribution in [0, 0.1) is 0 Å². The lowest BCUT2D eigenvalue weighted by atomic mass is 9.73. The van der Waals surface area contributed by atoms with Gasteiger partial charge in [-0.3, -0.25) is 4.90 Å². The van der Waals surface area contributed by atoms with Gasteiger partial charge in [0.15, 0.2) is 0 Å². The molecule has 1 saturated carbocycles. The molecule has 0 amide bonds. The molecule has 1 aliphatic carbocycles. The summed E-state index contributed by atoms with van der Waals surface area (Å²) in [4.78, 5) is 5.20. The lowest BCUT2D eigenvalue weighted by Gasteiger charge is -2.47. The minimum absolute atomic E-state index is 0.261. The average molecular weight is 272 g/mol. The number of hydrogen-bond acceptors (Lipinski definition) is 2. The third-order valence-corrected chi connectivity index (χ3v) is 5.61. The summed E-state index contributed by atoms with van der Waals surface area (Å²) in [6.07, 6.45) is 8.12. The second kappa shape index (κ2) is 5.87. The highest BCUT2D eigenvalue weighted by molar-refractivity contribution is 5.25. The Morgan fingerprint density at radius 3 is 2.15 bits per heavy atom. The molecule has 110 valence electrons. The molecule has 0 bridgehead atoms. The molecule has 1 aliphatic heterocycles. The first kappa shape index (κ1) is 14.1. The molecule has 20 heavy (non-hydrogen) atoms. The number of nitrogens with zero attached hydrogens (tertiary/aromatic N) is 2. The lowest BCUT2D eigenvalue weighted by Crippen LogP contribution is -2.48. The Balaban J connectivity index is 1.75. The van der Waals surface area contributed by atoms with Crippen LogP contribution in [0.4, 0.5) is 0 Å². The normalized spacial score (nSPS) is 31.9. The second-order valence-electron chi connectivity index (χ2n) is 6.77. The van der Waals surface area contributed by atoms with Crippen LogP contribution in [-0.2, 0) is 5.54 Å². The maximum atomic E-state index is 2.74. The summed E-state index contributed by atoms with van der Waals surface area (Å²) in [5, 5.41) is 0. The van der Waals surface area contributed by atoms with Crippen molar-refractivity contribution in [2.24, 2.45) is 0 Å². The summed E-state index contributed by atoms with van der Waals surface area (Å²) in [5.74, 6) is 0. The minimum Gasteiger partial charge on any atom is -0.300 e. The Morgan fingerprint density at radius 1 is 1.00 bits per heavy atom. The van der Waals surface area contributed by atoms with Gasteiger partial charge in [0.25, 0.3) is 0 Å². The van der Waals surface area contributed by atoms with Crippen LogP contribution in [0.3, 0.4) is 0 Å². The maximum absolute atomic E-state index is 2.74. The van der Waals surface area contributed by atoms with Gasteiger partial charge >= 0.3 is 0 Å². The van der Waals surface area contributed by atoms with Crippen LogP contribution in [-0.4, -0.2) is 43.0 Å². The predicted octanol–water partition coefficient (Wildman–Crippen LogP) is 3.48. The van der Waals surface area contributed by atoms with Crippen molar-refractivity contribution in [3.8, 4) is 0 Å². The molecule has 0 spiro atoms. The van der Waals surface area contributed by atoms with E-state index in [4.69, 9.17) is 0 Å². The summed E-state index contributed by atoms with van der Waals surface area (Å²) in [6, 6.07) is 12.0. The largest absolute Gasteiger partial charge is 0.300 e. The molecule has 1 heterocycles. The number of hydrogen-bond donors (Lipinski definition) is 0. The summed E-state index contributed by atoms with van der Waals surface area (Å²) < 4.78 is 0. The summed E-state index contributed by atoms with van der Waals surface area (Å²) in [7, 11) is 4.51. The third kappa shape index (κ3) is 2.51. The first-order valence-corrected chi connectivity index (χ1v) is 8.19. The van der Waals surface area contributed by atoms with Crippen molar-refractivity contribution < 1.29 is 0 Å². The molecule has 0 aromatic heterocycles. The number of rotatable bonds is 3. The van der Waals surface area contributed by atoms with Crippen molar-refractivity contribution in [1.82, 2.24) is 9.80 Å². The zero-order valence-corrected chi connectivity index (χ0v) is 13.0. The maximum Gasteiger partial charge on any atom is 0.0455 e. The molecular weight excluding hydrogens is 244 g/mol. The fourth-order valence-electron chi connectivity index (χ4n) is 4.29. The van der Waals surface area contributed by atoms with Gasteiger partial charge in [0.05, 0.1) is 0 Å². The standard InChI is InChI=1S/C18H28N2/c1-19(2)18(16-8-4-3-5-9-16)12-10-17(11-13-18)20-14-6-7-15-20/h3-5,8-9,17H,6-7,10-15H2,1-2H3. The molecule has 2 fully saturated rings. The Morgan fingerprint density at radius 2 is 1.60 bits per heavy atom. The Bertz CT molecular complexity index is 412. The molecule has 1 aromatic carbocycles. The zero-order valence-electron chi connectivity index (χ0n) is 13.0. The molecule has 2 aliphatic rings. The van der Waals surface area contributed by atoms with Gasteiger partial charge < -0.3 is 4.90 Å². The fraction of sp³-hybridized carbons (Fsp3) is 0.667. The Kier molecular flexibility index (Phi) is 4.13. The summed E-state index contributed by atoms with van der Waals surface area (Å²) >= 11 is 0. The van der Waals surface area contributed by atoms with Gasteiger partial charge in [-0.15, -0.1) is 0 Å². The van der Waals surface area contributed by atoms with E-state index in [1.165, 1.54) is 57.2 Å². The van der Waals surface area contributed by atoms with Gasteiger partial charge in [-0.1, -0.05) is 30.3 Å². The second-order valence-corrected chi connectivity index (χ2v) is 6.77. The summed E-state index contributed by atoms with van der Waals surface area (Å²) in [5.41, 5.74) is 1.77. The van der Waals surface area contributed by atoms with Crippen LogP contribution < -0.4 is 0 Å². The van der Waals surface area contributed by atoms with E-state index in [0.717, 1.165) is 6.04 Å². The molecule has 3 rings (SSSR count). The first-order valence-electron chi connectivity index (χ1n) is 8.19. The predicted molar refractivity (Wildman–Crippen MR) is 84.9 cm³/mol. The van der Waals surface area contributed by atoms with Crippen LogP contribution in [0.15, 0.2) is 30.3 Å². The van der Waals surface area contributed by atoms with Crippen molar-refractivity contribution in [3.05, 3.63) is 35.9 Å². The molecule has 0 N–H and O–H groups in total. The van der Waals surface area contributed by atoms with E-state index in [2.05, 4.69) is 54.2 Å². The van der Waals surface area contributed by atoms with Crippen molar-refractivity contribution in [1.29, 1.82) is 0 Å². The molecular formula is C18H28N2. The van der Waals surface area contributed by atoms with Crippen molar-refractivity contribution >= 4 is 0 Å². The van der Waals surface area contributed by atoms with Crippen LogP contribution in [0.1, 0.15) is 44.1 Å². The van der Waals surface area contributed by atoms with E-state index in [1.807, 2.05) is 0 Å². The van der Waals surface area contributed by atoms with E-state index in [9.17, 15) is 0 Å².